The SMILES string of the molecule is CN(C)C[C@H]1C=C[C@@H](Cl)C([C@@H](O)NC(=O)N[C@H]2N[C@H]3CC[C@@H]([S+](C)[O-])CC3S2)C1. The lowest BCUT2D eigenvalue weighted by Gasteiger charge is -2.33. The van der Waals surface area contributed by atoms with E-state index in [0.29, 0.717) is 17.2 Å². The smallest absolute Gasteiger partial charge is 0.318 e. The zero-order chi connectivity index (χ0) is 21.1. The van der Waals surface area contributed by atoms with Crippen LogP contribution in [0, 0.1) is 11.8 Å². The highest BCUT2D eigenvalue weighted by Crippen LogP contribution is 2.38. The van der Waals surface area contributed by atoms with Crippen molar-refractivity contribution in [1.82, 2.24) is 20.9 Å². The predicted molar refractivity (Wildman–Crippen MR) is 120 cm³/mol. The van der Waals surface area contributed by atoms with Crippen molar-refractivity contribution in [2.24, 2.45) is 11.8 Å². The maximum absolute atomic E-state index is 12.4. The number of nitrogens with one attached hydrogen (secondary N) is 3. The Kier molecular flexibility index (Phi) is 8.46. The molecule has 7 nitrogen and oxygen atoms in total. The summed E-state index contributed by atoms with van der Waals surface area (Å²) in [5, 5.41) is 19.9. The quantitative estimate of drug-likeness (QED) is 0.204. The topological polar surface area (TPSA) is 99.7 Å². The Morgan fingerprint density at radius 1 is 1.41 bits per heavy atom. The molecule has 9 atom stereocenters. The van der Waals surface area contributed by atoms with Gasteiger partial charge in [-0.3, -0.25) is 5.32 Å². The van der Waals surface area contributed by atoms with Gasteiger partial charge in [0.25, 0.3) is 0 Å². The highest BCUT2D eigenvalue weighted by Gasteiger charge is 2.42. The molecule has 29 heavy (non-hydrogen) atoms. The summed E-state index contributed by atoms with van der Waals surface area (Å²) in [6.45, 7) is 0.879. The van der Waals surface area contributed by atoms with E-state index in [4.69, 9.17) is 11.6 Å². The number of aliphatic hydroxyl groups is 1. The number of hydrogen-bond acceptors (Lipinski definition) is 6. The summed E-state index contributed by atoms with van der Waals surface area (Å²) >= 11 is 7.25. The maximum atomic E-state index is 12.4. The van der Waals surface area contributed by atoms with Gasteiger partial charge in [-0.05, 0) is 39.3 Å². The number of aliphatic hydroxyl groups excluding tert-OH is 1. The lowest BCUT2D eigenvalue weighted by molar-refractivity contribution is 0.0705. The standard InChI is InChI=1S/C19H33ClN4O3S2/c1-24(2)10-11-4-6-14(20)13(8-11)17(25)22-18(26)23-19-21-15-7-5-12(29(3)27)9-16(15)28-19/h4,6,11-17,19,21,25H,5,7-10H2,1-3H3,(H2,22,23,26)/t11-,12+,13?,14+,15-,16?,17+,19+,29?/m0/s1. The molecule has 1 saturated heterocycles. The Balaban J connectivity index is 1.46. The largest absolute Gasteiger partial charge is 0.616 e. The number of carbonyl (C=O) groups excluding carboxylic acids is 1. The van der Waals surface area contributed by atoms with Crippen LogP contribution in [0.1, 0.15) is 25.7 Å². The van der Waals surface area contributed by atoms with Gasteiger partial charge in [0.05, 0.1) is 11.6 Å². The van der Waals surface area contributed by atoms with Crippen LogP contribution in [-0.4, -0.2) is 81.1 Å². The Hall–Kier alpha value is -0.160. The number of nitrogens with zero attached hydrogens (tertiary/aromatic N) is 1. The molecule has 0 spiro atoms. The van der Waals surface area contributed by atoms with Gasteiger partial charge >= 0.3 is 6.03 Å². The van der Waals surface area contributed by atoms with Gasteiger partial charge in [-0.2, -0.15) is 0 Å². The van der Waals surface area contributed by atoms with Crippen molar-refractivity contribution in [3.63, 3.8) is 0 Å². The van der Waals surface area contributed by atoms with Crippen molar-refractivity contribution in [2.45, 2.75) is 59.3 Å². The Morgan fingerprint density at radius 3 is 2.86 bits per heavy atom. The zero-order valence-electron chi connectivity index (χ0n) is 17.2. The number of halogens is 1. The number of fused-ring (bicyclic) bond motifs is 1. The molecule has 1 aliphatic heterocycles. The second-order valence-corrected chi connectivity index (χ2v) is 12.1. The zero-order valence-corrected chi connectivity index (χ0v) is 19.6. The predicted octanol–water partition coefficient (Wildman–Crippen LogP) is 1.25. The van der Waals surface area contributed by atoms with E-state index in [1.165, 1.54) is 0 Å². The van der Waals surface area contributed by atoms with Crippen molar-refractivity contribution < 1.29 is 14.5 Å². The summed E-state index contributed by atoms with van der Waals surface area (Å²) in [6.07, 6.45) is 8.33. The molecule has 1 heterocycles. The summed E-state index contributed by atoms with van der Waals surface area (Å²) in [7, 11) is 4.03. The minimum Gasteiger partial charge on any atom is -0.616 e. The van der Waals surface area contributed by atoms with Gasteiger partial charge in [0.2, 0.25) is 0 Å². The van der Waals surface area contributed by atoms with Crippen LogP contribution in [0.2, 0.25) is 0 Å². The van der Waals surface area contributed by atoms with E-state index in [9.17, 15) is 14.5 Å². The van der Waals surface area contributed by atoms with Crippen LogP contribution < -0.4 is 16.0 Å². The van der Waals surface area contributed by atoms with E-state index in [1.807, 2.05) is 20.2 Å². The molecule has 1 saturated carbocycles. The summed E-state index contributed by atoms with van der Waals surface area (Å²) in [4.78, 5) is 14.5. The molecular weight excluding hydrogens is 432 g/mol. The van der Waals surface area contributed by atoms with E-state index < -0.39 is 23.4 Å². The van der Waals surface area contributed by atoms with Crippen LogP contribution in [0.25, 0.3) is 0 Å². The van der Waals surface area contributed by atoms with Gasteiger partial charge in [0.15, 0.2) is 0 Å². The molecule has 10 heteroatoms. The lowest BCUT2D eigenvalue weighted by atomic mass is 9.85. The fraction of sp³-hybridized carbons (Fsp3) is 0.842. The third-order valence-electron chi connectivity index (χ3n) is 5.99. The molecule has 3 aliphatic rings. The van der Waals surface area contributed by atoms with E-state index in [-0.39, 0.29) is 22.0 Å². The summed E-state index contributed by atoms with van der Waals surface area (Å²) in [5.74, 6) is 0.0705. The number of thioether (sulfide) groups is 1. The Bertz CT molecular complexity index is 598. The second-order valence-electron chi connectivity index (χ2n) is 8.58. The molecule has 3 unspecified atom stereocenters. The summed E-state index contributed by atoms with van der Waals surface area (Å²) < 4.78 is 11.8. The molecule has 3 rings (SSSR count). The fourth-order valence-electron chi connectivity index (χ4n) is 4.49. The monoisotopic (exact) mass is 464 g/mol. The van der Waals surface area contributed by atoms with Gasteiger partial charge in [-0.25, -0.2) is 4.79 Å². The molecule has 4 N–H and O–H groups in total. The molecule has 0 bridgehead atoms. The van der Waals surface area contributed by atoms with E-state index in [1.54, 1.807) is 18.0 Å². The first kappa shape index (κ1) is 23.5. The van der Waals surface area contributed by atoms with Gasteiger partial charge in [0, 0.05) is 30.2 Å². The number of alkyl halides is 1. The number of allylic oxidation sites excluding steroid dienone is 1. The minimum atomic E-state index is -1.01. The van der Waals surface area contributed by atoms with Crippen molar-refractivity contribution in [3.8, 4) is 0 Å². The van der Waals surface area contributed by atoms with Gasteiger partial charge < -0.3 is 25.2 Å². The van der Waals surface area contributed by atoms with Crippen LogP contribution in [0.4, 0.5) is 4.79 Å². The van der Waals surface area contributed by atoms with Crippen molar-refractivity contribution in [2.75, 3.05) is 26.9 Å². The third kappa shape index (κ3) is 6.41. The van der Waals surface area contributed by atoms with Gasteiger partial charge in [-0.15, -0.1) is 23.4 Å². The number of amides is 2. The number of rotatable bonds is 6. The van der Waals surface area contributed by atoms with Crippen molar-refractivity contribution in [1.29, 1.82) is 0 Å². The molecule has 2 aliphatic carbocycles. The van der Waals surface area contributed by atoms with E-state index >= 15 is 0 Å². The lowest BCUT2D eigenvalue weighted by Crippen LogP contribution is -2.53. The number of urea groups is 1. The fourth-order valence-corrected chi connectivity index (χ4v) is 7.41. The molecule has 0 aromatic heterocycles. The molecule has 2 amide bonds. The average molecular weight is 465 g/mol. The highest BCUT2D eigenvalue weighted by molar-refractivity contribution is 8.00. The number of carbonyl (C=O) groups is 1. The van der Waals surface area contributed by atoms with Crippen molar-refractivity contribution >= 4 is 40.6 Å². The third-order valence-corrected chi connectivity index (χ3v) is 9.22. The van der Waals surface area contributed by atoms with E-state index in [2.05, 4.69) is 26.9 Å². The van der Waals surface area contributed by atoms with Gasteiger partial charge in [-0.1, -0.05) is 23.3 Å². The second kappa shape index (κ2) is 10.4. The van der Waals surface area contributed by atoms with Crippen LogP contribution in [0.15, 0.2) is 12.2 Å². The summed E-state index contributed by atoms with van der Waals surface area (Å²) in [5.41, 5.74) is -0.208. The average Bonchev–Trinajstić information content (AvgIpc) is 3.03. The maximum Gasteiger partial charge on any atom is 0.318 e. The van der Waals surface area contributed by atoms with Crippen LogP contribution >= 0.6 is 23.4 Å². The highest BCUT2D eigenvalue weighted by atomic mass is 35.5. The Labute approximate surface area is 185 Å². The first-order valence-corrected chi connectivity index (χ1v) is 13.2. The Morgan fingerprint density at radius 2 is 2.17 bits per heavy atom. The number of hydrogen-bond donors (Lipinski definition) is 4. The van der Waals surface area contributed by atoms with Crippen molar-refractivity contribution in [3.05, 3.63) is 12.2 Å². The van der Waals surface area contributed by atoms with E-state index in [0.717, 1.165) is 32.2 Å². The van der Waals surface area contributed by atoms with Crippen LogP contribution in [0.5, 0.6) is 0 Å². The molecule has 166 valence electrons. The molecule has 0 radical (unpaired) electrons. The normalized spacial score (nSPS) is 39.1. The van der Waals surface area contributed by atoms with Gasteiger partial charge in [0.1, 0.15) is 17.0 Å². The minimum absolute atomic E-state index is 0.208. The molecule has 0 aromatic rings. The molecule has 2 fully saturated rings. The molecular formula is C19H33ClN4O3S2. The molecule has 0 aromatic carbocycles. The van der Waals surface area contributed by atoms with Crippen LogP contribution in [0.3, 0.4) is 0 Å². The first-order chi connectivity index (χ1) is 13.7. The first-order valence-electron chi connectivity index (χ1n) is 10.2. The van der Waals surface area contributed by atoms with Crippen LogP contribution in [-0.2, 0) is 11.2 Å². The summed E-state index contributed by atoms with van der Waals surface area (Å²) in [6, 6.07) is -0.0723.